The molecule has 0 saturated carbocycles. The van der Waals surface area contributed by atoms with Crippen molar-refractivity contribution in [2.45, 2.75) is 13.1 Å². The minimum atomic E-state index is -0.727. The molecule has 3 aromatic rings. The van der Waals surface area contributed by atoms with Gasteiger partial charge in [0.15, 0.2) is 13.2 Å². The van der Waals surface area contributed by atoms with Crippen LogP contribution in [0.3, 0.4) is 0 Å². The number of furan rings is 2. The topological polar surface area (TPSA) is 137 Å². The molecule has 2 heterocycles. The Hall–Kier alpha value is -4.34. The lowest BCUT2D eigenvalue weighted by atomic mass is 10.1. The second kappa shape index (κ2) is 11.2. The standard InChI is InChI=1S/C22H20N2O8/c25-19(23-11-17-3-1-9-29-17)13-31-21(27)15-5-7-16(8-6-15)22(28)32-14-20(26)24-12-18-4-2-10-30-18/h1-10H,11-14H2,(H,23,25)(H,24,26). The van der Waals surface area contributed by atoms with Gasteiger partial charge in [0, 0.05) is 0 Å². The highest BCUT2D eigenvalue weighted by Gasteiger charge is 2.14. The fourth-order valence-electron chi connectivity index (χ4n) is 2.47. The second-order valence-electron chi connectivity index (χ2n) is 6.44. The highest BCUT2D eigenvalue weighted by molar-refractivity contribution is 5.94. The zero-order valence-electron chi connectivity index (χ0n) is 16.9. The van der Waals surface area contributed by atoms with E-state index in [4.69, 9.17) is 18.3 Å². The highest BCUT2D eigenvalue weighted by atomic mass is 16.5. The molecule has 0 bridgehead atoms. The fraction of sp³-hybridized carbons (Fsp3) is 0.182. The first-order chi connectivity index (χ1) is 15.5. The molecule has 0 atom stereocenters. The van der Waals surface area contributed by atoms with Crippen LogP contribution in [-0.4, -0.2) is 37.0 Å². The number of rotatable bonds is 10. The van der Waals surface area contributed by atoms with Gasteiger partial charge in [0.1, 0.15) is 11.5 Å². The van der Waals surface area contributed by atoms with E-state index >= 15 is 0 Å². The molecule has 0 aliphatic carbocycles. The van der Waals surface area contributed by atoms with Crippen LogP contribution in [0, 0.1) is 0 Å². The molecule has 0 fully saturated rings. The number of amides is 2. The average Bonchev–Trinajstić information content (AvgIpc) is 3.52. The molecule has 2 N–H and O–H groups in total. The zero-order chi connectivity index (χ0) is 22.8. The van der Waals surface area contributed by atoms with Crippen molar-refractivity contribution in [2.24, 2.45) is 0 Å². The Morgan fingerprint density at radius 1 is 0.656 bits per heavy atom. The summed E-state index contributed by atoms with van der Waals surface area (Å²) in [7, 11) is 0. The molecule has 0 aliphatic heterocycles. The lowest BCUT2D eigenvalue weighted by Crippen LogP contribution is -2.28. The molecule has 3 rings (SSSR count). The van der Waals surface area contributed by atoms with Crippen molar-refractivity contribution >= 4 is 23.8 Å². The first-order valence-electron chi connectivity index (χ1n) is 9.54. The van der Waals surface area contributed by atoms with Crippen LogP contribution in [0.15, 0.2) is 69.9 Å². The summed E-state index contributed by atoms with van der Waals surface area (Å²) in [6, 6.07) is 12.2. The second-order valence-corrected chi connectivity index (χ2v) is 6.44. The van der Waals surface area contributed by atoms with Crippen LogP contribution in [0.1, 0.15) is 32.2 Å². The van der Waals surface area contributed by atoms with Crippen molar-refractivity contribution in [3.63, 3.8) is 0 Å². The molecule has 0 saturated heterocycles. The van der Waals surface area contributed by atoms with Gasteiger partial charge in [0.25, 0.3) is 11.8 Å². The molecule has 2 aromatic heterocycles. The molecular weight excluding hydrogens is 420 g/mol. The number of carbonyl (C=O) groups excluding carboxylic acids is 4. The average molecular weight is 440 g/mol. The molecule has 1 aromatic carbocycles. The molecule has 2 amide bonds. The Kier molecular flexibility index (Phi) is 7.79. The smallest absolute Gasteiger partial charge is 0.338 e. The van der Waals surface area contributed by atoms with E-state index in [0.29, 0.717) is 11.5 Å². The van der Waals surface area contributed by atoms with E-state index in [-0.39, 0.29) is 24.2 Å². The monoisotopic (exact) mass is 440 g/mol. The third-order valence-corrected chi connectivity index (χ3v) is 4.10. The molecule has 0 unspecified atom stereocenters. The van der Waals surface area contributed by atoms with Gasteiger partial charge in [-0.3, -0.25) is 9.59 Å². The Labute approximate surface area is 182 Å². The summed E-state index contributed by atoms with van der Waals surface area (Å²) in [5.41, 5.74) is 0.299. The van der Waals surface area contributed by atoms with Gasteiger partial charge in [-0.05, 0) is 48.5 Å². The van der Waals surface area contributed by atoms with E-state index in [1.165, 1.54) is 36.8 Å². The van der Waals surface area contributed by atoms with Crippen LogP contribution in [0.2, 0.25) is 0 Å². The van der Waals surface area contributed by atoms with E-state index in [0.717, 1.165) is 0 Å². The van der Waals surface area contributed by atoms with Crippen LogP contribution in [0.5, 0.6) is 0 Å². The Morgan fingerprint density at radius 2 is 1.06 bits per heavy atom. The van der Waals surface area contributed by atoms with Crippen molar-refractivity contribution < 1.29 is 37.5 Å². The lowest BCUT2D eigenvalue weighted by Gasteiger charge is -2.07. The van der Waals surface area contributed by atoms with Crippen LogP contribution in [-0.2, 0) is 32.2 Å². The lowest BCUT2D eigenvalue weighted by molar-refractivity contribution is -0.125. The van der Waals surface area contributed by atoms with Crippen molar-refractivity contribution in [3.8, 4) is 0 Å². The van der Waals surface area contributed by atoms with Gasteiger partial charge in [-0.25, -0.2) is 9.59 Å². The summed E-state index contributed by atoms with van der Waals surface area (Å²) in [6.07, 6.45) is 2.97. The van der Waals surface area contributed by atoms with E-state index in [9.17, 15) is 19.2 Å². The molecular formula is C22H20N2O8. The van der Waals surface area contributed by atoms with Crippen molar-refractivity contribution in [2.75, 3.05) is 13.2 Å². The molecule has 32 heavy (non-hydrogen) atoms. The zero-order valence-corrected chi connectivity index (χ0v) is 16.9. The van der Waals surface area contributed by atoms with E-state index in [1.54, 1.807) is 24.3 Å². The Morgan fingerprint density at radius 3 is 1.41 bits per heavy atom. The van der Waals surface area contributed by atoms with Gasteiger partial charge in [-0.2, -0.15) is 0 Å². The Bertz CT molecular complexity index is 955. The molecule has 10 nitrogen and oxygen atoms in total. The number of hydrogen-bond acceptors (Lipinski definition) is 8. The summed E-state index contributed by atoms with van der Waals surface area (Å²) in [6.45, 7) is -0.560. The third-order valence-electron chi connectivity index (χ3n) is 4.10. The van der Waals surface area contributed by atoms with E-state index in [2.05, 4.69) is 10.6 Å². The van der Waals surface area contributed by atoms with Crippen LogP contribution < -0.4 is 10.6 Å². The molecule has 10 heteroatoms. The van der Waals surface area contributed by atoms with Gasteiger partial charge >= 0.3 is 11.9 Å². The first kappa shape index (κ1) is 22.3. The predicted molar refractivity (Wildman–Crippen MR) is 108 cm³/mol. The van der Waals surface area contributed by atoms with Gasteiger partial charge in [-0.15, -0.1) is 0 Å². The highest BCUT2D eigenvalue weighted by Crippen LogP contribution is 2.08. The number of esters is 2. The van der Waals surface area contributed by atoms with E-state index < -0.39 is 37.0 Å². The number of carbonyl (C=O) groups is 4. The van der Waals surface area contributed by atoms with Gasteiger partial charge in [0.2, 0.25) is 0 Å². The number of ether oxygens (including phenoxy) is 2. The van der Waals surface area contributed by atoms with E-state index in [1.807, 2.05) is 0 Å². The summed E-state index contributed by atoms with van der Waals surface area (Å²) in [5.74, 6) is -1.28. The van der Waals surface area contributed by atoms with Crippen LogP contribution >= 0.6 is 0 Å². The summed E-state index contributed by atoms with van der Waals surface area (Å²) < 4.78 is 20.0. The molecule has 0 radical (unpaired) electrons. The number of nitrogens with one attached hydrogen (secondary N) is 2. The van der Waals surface area contributed by atoms with Crippen molar-refractivity contribution in [1.29, 1.82) is 0 Å². The Balaban J connectivity index is 1.38. The van der Waals surface area contributed by atoms with Gasteiger partial charge in [-0.1, -0.05) is 0 Å². The largest absolute Gasteiger partial charge is 0.467 e. The summed E-state index contributed by atoms with van der Waals surface area (Å²) in [5, 5.41) is 5.09. The quantitative estimate of drug-likeness (QED) is 0.456. The maximum absolute atomic E-state index is 12.1. The normalized spacial score (nSPS) is 10.2. The predicted octanol–water partition coefficient (Wildman–Crippen LogP) is 1.82. The van der Waals surface area contributed by atoms with Crippen LogP contribution in [0.25, 0.3) is 0 Å². The van der Waals surface area contributed by atoms with Crippen molar-refractivity contribution in [3.05, 3.63) is 83.7 Å². The maximum Gasteiger partial charge on any atom is 0.338 e. The maximum atomic E-state index is 12.1. The third kappa shape index (κ3) is 6.87. The van der Waals surface area contributed by atoms with Gasteiger partial charge in [0.05, 0.1) is 36.7 Å². The summed E-state index contributed by atoms with van der Waals surface area (Å²) in [4.78, 5) is 47.6. The summed E-state index contributed by atoms with van der Waals surface area (Å²) >= 11 is 0. The number of benzene rings is 1. The molecule has 0 spiro atoms. The van der Waals surface area contributed by atoms with Crippen molar-refractivity contribution in [1.82, 2.24) is 10.6 Å². The van der Waals surface area contributed by atoms with Crippen LogP contribution in [0.4, 0.5) is 0 Å². The SMILES string of the molecule is O=C(COC(=O)c1ccc(C(=O)OCC(=O)NCc2ccco2)cc1)NCc1ccco1. The number of hydrogen-bond donors (Lipinski definition) is 2. The first-order valence-corrected chi connectivity index (χ1v) is 9.54. The fourth-order valence-corrected chi connectivity index (χ4v) is 2.47. The minimum Gasteiger partial charge on any atom is -0.467 e. The molecule has 0 aliphatic rings. The molecule has 166 valence electrons. The van der Waals surface area contributed by atoms with Gasteiger partial charge < -0.3 is 28.9 Å². The minimum absolute atomic E-state index is 0.150.